The van der Waals surface area contributed by atoms with Crippen LogP contribution in [0.5, 0.6) is 0 Å². The number of aromatic nitrogens is 3. The Morgan fingerprint density at radius 2 is 2.20 bits per heavy atom. The van der Waals surface area contributed by atoms with Crippen molar-refractivity contribution in [1.29, 1.82) is 0 Å². The highest BCUT2D eigenvalue weighted by atomic mass is 35.5. The quantitative estimate of drug-likeness (QED) is 0.642. The summed E-state index contributed by atoms with van der Waals surface area (Å²) in [5.41, 5.74) is 1.62. The van der Waals surface area contributed by atoms with Crippen LogP contribution < -0.4 is 5.32 Å². The average Bonchev–Trinajstić information content (AvgIpc) is 3.17. The second-order valence-corrected chi connectivity index (χ2v) is 7.13. The summed E-state index contributed by atoms with van der Waals surface area (Å²) in [6.07, 6.45) is 4.74. The normalized spacial score (nSPS) is 11.2. The molecule has 5 nitrogen and oxygen atoms in total. The fraction of sp³-hybridized carbons (Fsp3) is 0.118. The molecule has 3 rings (SSSR count). The van der Waals surface area contributed by atoms with Gasteiger partial charge in [-0.05, 0) is 30.7 Å². The number of hydrogen-bond acceptors (Lipinski definition) is 4. The topological polar surface area (TPSA) is 59.8 Å². The van der Waals surface area contributed by atoms with Crippen molar-refractivity contribution in [1.82, 2.24) is 14.8 Å². The van der Waals surface area contributed by atoms with Crippen LogP contribution in [0.2, 0.25) is 10.0 Å². The minimum absolute atomic E-state index is 0.255. The van der Waals surface area contributed by atoms with Crippen LogP contribution in [0.15, 0.2) is 41.9 Å². The number of benzene rings is 1. The van der Waals surface area contributed by atoms with Gasteiger partial charge in [-0.25, -0.2) is 9.67 Å². The van der Waals surface area contributed by atoms with E-state index in [2.05, 4.69) is 15.4 Å². The van der Waals surface area contributed by atoms with Gasteiger partial charge in [0.1, 0.15) is 5.82 Å². The number of carbonyl (C=O) groups excluding carboxylic acids is 1. The number of anilines is 1. The molecule has 0 bridgehead atoms. The summed E-state index contributed by atoms with van der Waals surface area (Å²) in [5.74, 6) is 0.324. The number of aryl methyl sites for hydroxylation is 1. The van der Waals surface area contributed by atoms with Crippen molar-refractivity contribution < 1.29 is 4.79 Å². The number of rotatable bonds is 5. The first-order chi connectivity index (χ1) is 12.0. The molecule has 0 spiro atoms. The molecule has 0 saturated carbocycles. The number of nitrogens with zero attached hydrogens (tertiary/aromatic N) is 3. The Hall–Kier alpha value is -2.15. The van der Waals surface area contributed by atoms with Gasteiger partial charge in [-0.1, -0.05) is 29.3 Å². The third kappa shape index (κ3) is 4.69. The van der Waals surface area contributed by atoms with Crippen LogP contribution in [0.3, 0.4) is 0 Å². The molecule has 2 aromatic heterocycles. The highest BCUT2D eigenvalue weighted by molar-refractivity contribution is 7.09. The minimum atomic E-state index is -0.255. The second-order valence-electron chi connectivity index (χ2n) is 5.22. The van der Waals surface area contributed by atoms with Gasteiger partial charge in [-0.3, -0.25) is 4.79 Å². The summed E-state index contributed by atoms with van der Waals surface area (Å²) in [6, 6.07) is 7.01. The van der Waals surface area contributed by atoms with Gasteiger partial charge in [0.05, 0.1) is 23.4 Å². The number of amides is 1. The van der Waals surface area contributed by atoms with Gasteiger partial charge >= 0.3 is 0 Å². The summed E-state index contributed by atoms with van der Waals surface area (Å²) >= 11 is 13.6. The molecule has 1 amide bonds. The van der Waals surface area contributed by atoms with E-state index in [4.69, 9.17) is 23.2 Å². The molecule has 0 aliphatic rings. The third-order valence-electron chi connectivity index (χ3n) is 3.35. The Morgan fingerprint density at radius 3 is 2.92 bits per heavy atom. The first-order valence-electron chi connectivity index (χ1n) is 7.38. The molecule has 0 saturated heterocycles. The van der Waals surface area contributed by atoms with E-state index in [0.717, 1.165) is 16.3 Å². The number of hydrogen-bond donors (Lipinski definition) is 1. The Labute approximate surface area is 158 Å². The maximum atomic E-state index is 12.1. The molecule has 0 fully saturated rings. The van der Waals surface area contributed by atoms with E-state index in [1.54, 1.807) is 35.2 Å². The summed E-state index contributed by atoms with van der Waals surface area (Å²) < 4.78 is 1.66. The average molecular weight is 393 g/mol. The van der Waals surface area contributed by atoms with Crippen molar-refractivity contribution in [2.24, 2.45) is 0 Å². The summed E-state index contributed by atoms with van der Waals surface area (Å²) in [4.78, 5) is 16.4. The summed E-state index contributed by atoms with van der Waals surface area (Å²) in [6.45, 7) is 2.34. The number of nitrogens with one attached hydrogen (secondary N) is 1. The van der Waals surface area contributed by atoms with Crippen LogP contribution in [0.4, 0.5) is 5.82 Å². The molecule has 128 valence electrons. The smallest absolute Gasteiger partial charge is 0.249 e. The molecule has 8 heteroatoms. The Balaban J connectivity index is 1.69. The second kappa shape index (κ2) is 7.82. The Morgan fingerprint density at radius 1 is 1.36 bits per heavy atom. The van der Waals surface area contributed by atoms with E-state index < -0.39 is 0 Å². The molecule has 0 atom stereocenters. The van der Waals surface area contributed by atoms with Crippen molar-refractivity contribution in [2.75, 3.05) is 5.32 Å². The molecule has 1 aromatic carbocycles. The van der Waals surface area contributed by atoms with Crippen LogP contribution in [-0.2, 0) is 11.3 Å². The van der Waals surface area contributed by atoms with Gasteiger partial charge in [0.25, 0.3) is 0 Å². The zero-order valence-corrected chi connectivity index (χ0v) is 15.6. The maximum Gasteiger partial charge on any atom is 0.249 e. The summed E-state index contributed by atoms with van der Waals surface area (Å²) in [7, 11) is 0. The van der Waals surface area contributed by atoms with E-state index in [-0.39, 0.29) is 5.91 Å². The van der Waals surface area contributed by atoms with E-state index in [0.29, 0.717) is 22.4 Å². The van der Waals surface area contributed by atoms with Crippen LogP contribution in [0.1, 0.15) is 16.3 Å². The fourth-order valence-corrected chi connectivity index (χ4v) is 3.21. The molecule has 25 heavy (non-hydrogen) atoms. The zero-order chi connectivity index (χ0) is 17.8. The monoisotopic (exact) mass is 392 g/mol. The minimum Gasteiger partial charge on any atom is -0.307 e. The lowest BCUT2D eigenvalue weighted by molar-refractivity contribution is -0.111. The predicted octanol–water partition coefficient (Wildman–Crippen LogP) is 4.66. The summed E-state index contributed by atoms with van der Waals surface area (Å²) in [5, 5.41) is 11.0. The van der Waals surface area contributed by atoms with E-state index >= 15 is 0 Å². The van der Waals surface area contributed by atoms with Crippen molar-refractivity contribution in [3.05, 3.63) is 68.2 Å². The number of carbonyl (C=O) groups is 1. The molecule has 0 aliphatic heterocycles. The predicted molar refractivity (Wildman–Crippen MR) is 102 cm³/mol. The third-order valence-corrected chi connectivity index (χ3v) is 4.72. The number of halogens is 2. The maximum absolute atomic E-state index is 12.1. The van der Waals surface area contributed by atoms with E-state index in [1.165, 1.54) is 17.4 Å². The van der Waals surface area contributed by atoms with Gasteiger partial charge in [0.2, 0.25) is 5.91 Å². The van der Waals surface area contributed by atoms with Gasteiger partial charge in [0, 0.05) is 27.6 Å². The van der Waals surface area contributed by atoms with E-state index in [1.807, 2.05) is 18.4 Å². The highest BCUT2D eigenvalue weighted by Gasteiger charge is 2.08. The lowest BCUT2D eigenvalue weighted by Crippen LogP contribution is -2.14. The Kier molecular flexibility index (Phi) is 5.53. The van der Waals surface area contributed by atoms with Crippen LogP contribution in [-0.4, -0.2) is 20.7 Å². The fourth-order valence-electron chi connectivity index (χ4n) is 2.16. The molecule has 0 aliphatic carbocycles. The van der Waals surface area contributed by atoms with Crippen molar-refractivity contribution in [3.8, 4) is 0 Å². The molecule has 3 aromatic rings. The van der Waals surface area contributed by atoms with Gasteiger partial charge < -0.3 is 5.32 Å². The first kappa shape index (κ1) is 17.7. The van der Waals surface area contributed by atoms with Crippen LogP contribution in [0, 0.1) is 6.92 Å². The van der Waals surface area contributed by atoms with Crippen molar-refractivity contribution in [2.45, 2.75) is 13.5 Å². The first-order valence-corrected chi connectivity index (χ1v) is 9.02. The molecule has 0 unspecified atom stereocenters. The molecule has 2 heterocycles. The standard InChI is InChI=1S/C17H14Cl2N4OS/c1-11-21-14(10-25-11)4-5-17(24)22-16-6-7-20-23(16)9-12-2-3-13(18)8-15(12)19/h2-8,10H,9H2,1H3,(H,22,24). The molecule has 0 radical (unpaired) electrons. The van der Waals surface area contributed by atoms with Gasteiger partial charge in [-0.15, -0.1) is 11.3 Å². The van der Waals surface area contributed by atoms with Crippen LogP contribution in [0.25, 0.3) is 6.08 Å². The highest BCUT2D eigenvalue weighted by Crippen LogP contribution is 2.22. The molecular weight excluding hydrogens is 379 g/mol. The SMILES string of the molecule is Cc1nc(C=CC(=O)Nc2ccnn2Cc2ccc(Cl)cc2Cl)cs1. The van der Waals surface area contributed by atoms with Crippen LogP contribution >= 0.6 is 34.5 Å². The zero-order valence-electron chi connectivity index (χ0n) is 13.2. The lowest BCUT2D eigenvalue weighted by Gasteiger charge is -2.09. The van der Waals surface area contributed by atoms with E-state index in [9.17, 15) is 4.79 Å². The number of thiazole rings is 1. The largest absolute Gasteiger partial charge is 0.307 e. The lowest BCUT2D eigenvalue weighted by atomic mass is 10.2. The van der Waals surface area contributed by atoms with Crippen molar-refractivity contribution >= 4 is 52.3 Å². The van der Waals surface area contributed by atoms with Gasteiger partial charge in [0.15, 0.2) is 0 Å². The Bertz CT molecular complexity index is 932. The molecular formula is C17H14Cl2N4OS. The van der Waals surface area contributed by atoms with Gasteiger partial charge in [-0.2, -0.15) is 5.10 Å². The molecule has 1 N–H and O–H groups in total. The van der Waals surface area contributed by atoms with Crippen molar-refractivity contribution in [3.63, 3.8) is 0 Å².